The molecule has 4 aliphatic carbocycles. The Morgan fingerprint density at radius 1 is 1.03 bits per heavy atom. The molecule has 0 saturated heterocycles. The van der Waals surface area contributed by atoms with Gasteiger partial charge in [0.25, 0.3) is 0 Å². The summed E-state index contributed by atoms with van der Waals surface area (Å²) in [5, 5.41) is 20.4. The molecule has 0 aromatic rings. The zero-order chi connectivity index (χ0) is 23.3. The lowest BCUT2D eigenvalue weighted by molar-refractivity contribution is -0.159. The summed E-state index contributed by atoms with van der Waals surface area (Å²) in [6.07, 6.45) is 16.4. The molecule has 182 valence electrons. The molecular formula is C29H48O3. The van der Waals surface area contributed by atoms with Crippen molar-refractivity contribution < 1.29 is 15.0 Å². The molecule has 0 heterocycles. The molecule has 0 spiro atoms. The Labute approximate surface area is 196 Å². The third-order valence-electron chi connectivity index (χ3n) is 11.3. The lowest BCUT2D eigenvalue weighted by Crippen LogP contribution is -2.58. The number of carbonyl (C=O) groups is 1. The van der Waals surface area contributed by atoms with Crippen molar-refractivity contribution >= 4 is 5.97 Å². The van der Waals surface area contributed by atoms with Crippen LogP contribution in [0.15, 0.2) is 12.2 Å². The average Bonchev–Trinajstić information content (AvgIpc) is 3.00. The highest BCUT2D eigenvalue weighted by Crippen LogP contribution is 2.73. The molecule has 2 N–H and O–H groups in total. The molecule has 3 nitrogen and oxygen atoms in total. The molecule has 0 aliphatic heterocycles. The zero-order valence-electron chi connectivity index (χ0n) is 21.3. The van der Waals surface area contributed by atoms with Gasteiger partial charge < -0.3 is 10.2 Å². The molecule has 4 rings (SSSR count). The van der Waals surface area contributed by atoms with E-state index < -0.39 is 5.97 Å². The van der Waals surface area contributed by atoms with Crippen molar-refractivity contribution in [3.05, 3.63) is 12.2 Å². The van der Waals surface area contributed by atoms with Crippen LogP contribution in [0.1, 0.15) is 105 Å². The Morgan fingerprint density at radius 2 is 1.78 bits per heavy atom. The van der Waals surface area contributed by atoms with Gasteiger partial charge in [0.05, 0.1) is 12.5 Å². The third-order valence-corrected chi connectivity index (χ3v) is 11.3. The maximum atomic E-state index is 12.3. The number of hydrogen-bond donors (Lipinski definition) is 2. The van der Waals surface area contributed by atoms with E-state index in [2.05, 4.69) is 46.8 Å². The summed E-state index contributed by atoms with van der Waals surface area (Å²) >= 11 is 0. The summed E-state index contributed by atoms with van der Waals surface area (Å²) in [5.41, 5.74) is 0.219. The molecule has 32 heavy (non-hydrogen) atoms. The molecule has 0 bridgehead atoms. The Bertz CT molecular complexity index is 728. The largest absolute Gasteiger partial charge is 0.481 e. The predicted octanol–water partition coefficient (Wildman–Crippen LogP) is 7.09. The predicted molar refractivity (Wildman–Crippen MR) is 130 cm³/mol. The second kappa shape index (κ2) is 8.75. The average molecular weight is 445 g/mol. The van der Waals surface area contributed by atoms with Crippen LogP contribution in [0.25, 0.3) is 0 Å². The van der Waals surface area contributed by atoms with Gasteiger partial charge in [0, 0.05) is 0 Å². The van der Waals surface area contributed by atoms with Gasteiger partial charge in [-0.2, -0.15) is 0 Å². The summed E-state index contributed by atoms with van der Waals surface area (Å²) in [6, 6.07) is 0. The maximum Gasteiger partial charge on any atom is 0.303 e. The molecule has 0 unspecified atom stereocenters. The lowest BCUT2D eigenvalue weighted by Gasteiger charge is -2.63. The maximum absolute atomic E-state index is 12.3. The van der Waals surface area contributed by atoms with Crippen molar-refractivity contribution in [3.63, 3.8) is 0 Å². The van der Waals surface area contributed by atoms with Gasteiger partial charge in [-0.15, -0.1) is 0 Å². The Balaban J connectivity index is 1.65. The van der Waals surface area contributed by atoms with Crippen LogP contribution in [-0.4, -0.2) is 22.3 Å². The molecular weight excluding hydrogens is 396 g/mol. The first-order valence-corrected chi connectivity index (χ1v) is 13.6. The molecule has 0 aromatic heterocycles. The fraction of sp³-hybridized carbons (Fsp3) is 0.897. The normalized spacial score (nSPS) is 46.4. The Kier molecular flexibility index (Phi) is 6.64. The second-order valence-corrected chi connectivity index (χ2v) is 13.2. The van der Waals surface area contributed by atoms with Gasteiger partial charge >= 0.3 is 5.97 Å². The fourth-order valence-electron chi connectivity index (χ4n) is 9.44. The number of allylic oxidation sites excluding steroid dienone is 2. The topological polar surface area (TPSA) is 57.5 Å². The van der Waals surface area contributed by atoms with E-state index in [0.29, 0.717) is 36.0 Å². The molecule has 0 amide bonds. The Morgan fingerprint density at radius 3 is 2.47 bits per heavy atom. The van der Waals surface area contributed by atoms with Gasteiger partial charge in [-0.3, -0.25) is 4.79 Å². The van der Waals surface area contributed by atoms with E-state index in [1.807, 2.05) is 0 Å². The highest BCUT2D eigenvalue weighted by molar-refractivity contribution is 5.68. The summed E-state index contributed by atoms with van der Waals surface area (Å²) in [6.45, 7) is 12.0. The van der Waals surface area contributed by atoms with E-state index in [-0.39, 0.29) is 22.3 Å². The van der Waals surface area contributed by atoms with Crippen molar-refractivity contribution in [3.8, 4) is 0 Å². The molecule has 3 heteroatoms. The van der Waals surface area contributed by atoms with Crippen LogP contribution in [0.5, 0.6) is 0 Å². The number of hydrogen-bond acceptors (Lipinski definition) is 2. The molecule has 4 aliphatic rings. The van der Waals surface area contributed by atoms with Crippen LogP contribution in [0.4, 0.5) is 0 Å². The van der Waals surface area contributed by atoms with Gasteiger partial charge in [-0.25, -0.2) is 0 Å². The first-order valence-electron chi connectivity index (χ1n) is 13.6. The van der Waals surface area contributed by atoms with E-state index in [1.54, 1.807) is 0 Å². The van der Waals surface area contributed by atoms with Crippen molar-refractivity contribution in [2.45, 2.75) is 111 Å². The van der Waals surface area contributed by atoms with Gasteiger partial charge in [-0.05, 0) is 96.7 Å². The van der Waals surface area contributed by atoms with E-state index in [0.717, 1.165) is 31.6 Å². The van der Waals surface area contributed by atoms with Crippen LogP contribution in [0.2, 0.25) is 0 Å². The van der Waals surface area contributed by atoms with E-state index in [1.165, 1.54) is 38.5 Å². The van der Waals surface area contributed by atoms with Crippen molar-refractivity contribution in [1.29, 1.82) is 0 Å². The summed E-state index contributed by atoms with van der Waals surface area (Å²) < 4.78 is 0. The number of carboxylic acid groups (broad SMARTS) is 1. The van der Waals surface area contributed by atoms with E-state index in [9.17, 15) is 15.0 Å². The molecule has 9 atom stereocenters. The zero-order valence-corrected chi connectivity index (χ0v) is 21.3. The quantitative estimate of drug-likeness (QED) is 0.412. The van der Waals surface area contributed by atoms with Crippen LogP contribution in [0, 0.1) is 51.8 Å². The van der Waals surface area contributed by atoms with Crippen molar-refractivity contribution in [2.75, 3.05) is 0 Å². The van der Waals surface area contributed by atoms with E-state index in [4.69, 9.17) is 0 Å². The minimum atomic E-state index is -0.607. The summed E-state index contributed by atoms with van der Waals surface area (Å²) in [5.74, 6) is 2.86. The number of aliphatic hydroxyl groups is 1. The SMILES string of the molecule is CC(C)CCC[C@@H](C)[C@H]1CC[C@@]2(CC(=O)O)[C@@H]3C=C[C@H]4C[C@@H](O)CC[C@]4(C)[C@H]3CC[C@]12C. The molecule has 3 saturated carbocycles. The van der Waals surface area contributed by atoms with Crippen LogP contribution in [0.3, 0.4) is 0 Å². The second-order valence-electron chi connectivity index (χ2n) is 13.2. The monoisotopic (exact) mass is 444 g/mol. The number of aliphatic carboxylic acids is 1. The highest BCUT2D eigenvalue weighted by Gasteiger charge is 2.67. The number of aliphatic hydroxyl groups excluding tert-OH is 1. The number of carboxylic acids is 1. The highest BCUT2D eigenvalue weighted by atomic mass is 16.4. The van der Waals surface area contributed by atoms with Gasteiger partial charge in [0.2, 0.25) is 0 Å². The first kappa shape index (κ1) is 24.3. The number of fused-ring (bicyclic) bond motifs is 5. The fourth-order valence-corrected chi connectivity index (χ4v) is 9.44. The number of rotatable bonds is 7. The molecule has 0 aromatic carbocycles. The Hall–Kier alpha value is -0.830. The van der Waals surface area contributed by atoms with E-state index >= 15 is 0 Å². The molecule has 0 radical (unpaired) electrons. The van der Waals surface area contributed by atoms with Crippen LogP contribution < -0.4 is 0 Å². The summed E-state index contributed by atoms with van der Waals surface area (Å²) in [4.78, 5) is 12.3. The first-order chi connectivity index (χ1) is 15.0. The van der Waals surface area contributed by atoms with Crippen molar-refractivity contribution in [2.24, 2.45) is 51.8 Å². The van der Waals surface area contributed by atoms with Gasteiger partial charge in [0.15, 0.2) is 0 Å². The molecule has 3 fully saturated rings. The minimum Gasteiger partial charge on any atom is -0.481 e. The van der Waals surface area contributed by atoms with Crippen molar-refractivity contribution in [1.82, 2.24) is 0 Å². The van der Waals surface area contributed by atoms with Gasteiger partial charge in [0.1, 0.15) is 0 Å². The van der Waals surface area contributed by atoms with Crippen LogP contribution in [-0.2, 0) is 4.79 Å². The standard InChI is InChI=1S/C29H48O3/c1-19(2)7-6-8-20(3)23-13-16-29(18-26(31)32)25-10-9-21-17-22(30)11-14-27(21,4)24(25)12-15-28(23,29)5/h9-10,19-25,30H,6-8,11-18H2,1-5H3,(H,31,32)/t20-,21+,22+,23-,24+,25-,27+,28-,29-/m1/s1. The minimum absolute atomic E-state index is 0.112. The smallest absolute Gasteiger partial charge is 0.303 e. The van der Waals surface area contributed by atoms with Gasteiger partial charge in [-0.1, -0.05) is 66.0 Å². The lowest BCUT2D eigenvalue weighted by atomic mass is 9.41. The summed E-state index contributed by atoms with van der Waals surface area (Å²) in [7, 11) is 0. The third kappa shape index (κ3) is 3.79. The van der Waals surface area contributed by atoms with Crippen LogP contribution >= 0.6 is 0 Å².